The van der Waals surface area contributed by atoms with Crippen LogP contribution in [-0.4, -0.2) is 44.9 Å². The van der Waals surface area contributed by atoms with Crippen molar-refractivity contribution in [1.82, 2.24) is 10.6 Å². The van der Waals surface area contributed by atoms with E-state index in [2.05, 4.69) is 22.8 Å². The molecule has 0 unspecified atom stereocenters. The average Bonchev–Trinajstić information content (AvgIpc) is 2.54. The zero-order valence-electron chi connectivity index (χ0n) is 13.3. The van der Waals surface area contributed by atoms with Gasteiger partial charge >= 0.3 is 0 Å². The van der Waals surface area contributed by atoms with Crippen LogP contribution >= 0.6 is 0 Å². The summed E-state index contributed by atoms with van der Waals surface area (Å²) in [6.07, 6.45) is 2.38. The smallest absolute Gasteiger partial charge is 0.221 e. The van der Waals surface area contributed by atoms with E-state index in [1.165, 1.54) is 5.56 Å². The summed E-state index contributed by atoms with van der Waals surface area (Å²) in [5, 5.41) is 6.26. The minimum absolute atomic E-state index is 0.0923. The van der Waals surface area contributed by atoms with E-state index in [1.54, 1.807) is 0 Å². The molecule has 1 aromatic carbocycles. The zero-order chi connectivity index (χ0) is 15.6. The maximum atomic E-state index is 11.8. The van der Waals surface area contributed by atoms with Gasteiger partial charge in [0, 0.05) is 25.6 Å². The Kier molecular flexibility index (Phi) is 7.19. The van der Waals surface area contributed by atoms with E-state index in [0.29, 0.717) is 26.2 Å². The van der Waals surface area contributed by atoms with E-state index in [0.717, 1.165) is 31.7 Å². The summed E-state index contributed by atoms with van der Waals surface area (Å²) in [5.41, 5.74) is 1.26. The Morgan fingerprint density at radius 2 is 2.23 bits per heavy atom. The van der Waals surface area contributed by atoms with Crippen molar-refractivity contribution in [2.24, 2.45) is 0 Å². The van der Waals surface area contributed by atoms with Crippen LogP contribution in [0.3, 0.4) is 0 Å². The Morgan fingerprint density at radius 1 is 1.41 bits per heavy atom. The second-order valence-corrected chi connectivity index (χ2v) is 5.46. The Morgan fingerprint density at radius 3 is 2.91 bits per heavy atom. The number of nitrogens with one attached hydrogen (secondary N) is 2. The predicted molar refractivity (Wildman–Crippen MR) is 86.2 cm³/mol. The fourth-order valence-corrected chi connectivity index (χ4v) is 2.49. The SMILES string of the molecule is CCOc1ccc(CCCNC(=O)C[C@@H]2COCCN2)cc1. The number of morpholine rings is 1. The van der Waals surface area contributed by atoms with Gasteiger partial charge in [-0.1, -0.05) is 12.1 Å². The van der Waals surface area contributed by atoms with Crippen molar-refractivity contribution in [3.8, 4) is 5.75 Å². The molecule has 1 aliphatic heterocycles. The molecule has 122 valence electrons. The Bertz CT molecular complexity index is 442. The lowest BCUT2D eigenvalue weighted by Crippen LogP contribution is -2.44. The van der Waals surface area contributed by atoms with Gasteiger partial charge in [0.05, 0.1) is 19.8 Å². The summed E-state index contributed by atoms with van der Waals surface area (Å²) in [4.78, 5) is 11.8. The van der Waals surface area contributed by atoms with Crippen molar-refractivity contribution in [2.45, 2.75) is 32.2 Å². The first-order chi connectivity index (χ1) is 10.8. The highest BCUT2D eigenvalue weighted by molar-refractivity contribution is 5.76. The number of benzene rings is 1. The van der Waals surface area contributed by atoms with Crippen LogP contribution in [0.2, 0.25) is 0 Å². The first-order valence-corrected chi connectivity index (χ1v) is 8.07. The van der Waals surface area contributed by atoms with Gasteiger partial charge in [-0.2, -0.15) is 0 Å². The monoisotopic (exact) mass is 306 g/mol. The molecule has 1 atom stereocenters. The highest BCUT2D eigenvalue weighted by atomic mass is 16.5. The summed E-state index contributed by atoms with van der Waals surface area (Å²) in [5.74, 6) is 0.997. The van der Waals surface area contributed by atoms with E-state index < -0.39 is 0 Å². The molecule has 0 saturated carbocycles. The van der Waals surface area contributed by atoms with Crippen LogP contribution in [0.15, 0.2) is 24.3 Å². The lowest BCUT2D eigenvalue weighted by molar-refractivity contribution is -0.122. The fourth-order valence-electron chi connectivity index (χ4n) is 2.49. The molecule has 1 saturated heterocycles. The van der Waals surface area contributed by atoms with Crippen molar-refractivity contribution >= 4 is 5.91 Å². The van der Waals surface area contributed by atoms with E-state index in [4.69, 9.17) is 9.47 Å². The number of hydrogen-bond donors (Lipinski definition) is 2. The molecule has 1 aliphatic rings. The normalized spacial score (nSPS) is 18.0. The minimum atomic E-state index is 0.0923. The van der Waals surface area contributed by atoms with E-state index in [9.17, 15) is 4.79 Å². The molecule has 22 heavy (non-hydrogen) atoms. The van der Waals surface area contributed by atoms with Gasteiger partial charge in [0.15, 0.2) is 0 Å². The van der Waals surface area contributed by atoms with Gasteiger partial charge in [-0.25, -0.2) is 0 Å². The second-order valence-electron chi connectivity index (χ2n) is 5.46. The van der Waals surface area contributed by atoms with Gasteiger partial charge in [0.2, 0.25) is 5.91 Å². The molecule has 2 N–H and O–H groups in total. The fraction of sp³-hybridized carbons (Fsp3) is 0.588. The molecule has 0 bridgehead atoms. The van der Waals surface area contributed by atoms with Crippen LogP contribution in [0, 0.1) is 0 Å². The molecule has 1 heterocycles. The van der Waals surface area contributed by atoms with Gasteiger partial charge in [0.1, 0.15) is 5.75 Å². The molecule has 5 nitrogen and oxygen atoms in total. The third-order valence-corrected chi connectivity index (χ3v) is 3.63. The Labute approximate surface area is 132 Å². The van der Waals surface area contributed by atoms with Crippen molar-refractivity contribution in [3.63, 3.8) is 0 Å². The molecule has 1 aromatic rings. The number of aryl methyl sites for hydroxylation is 1. The van der Waals surface area contributed by atoms with Crippen LogP contribution in [0.1, 0.15) is 25.3 Å². The van der Waals surface area contributed by atoms with Crippen molar-refractivity contribution < 1.29 is 14.3 Å². The van der Waals surface area contributed by atoms with Crippen molar-refractivity contribution in [2.75, 3.05) is 32.9 Å². The molecule has 1 fully saturated rings. The van der Waals surface area contributed by atoms with Crippen LogP contribution < -0.4 is 15.4 Å². The van der Waals surface area contributed by atoms with Gasteiger partial charge in [0.25, 0.3) is 0 Å². The molecular weight excluding hydrogens is 280 g/mol. The Balaban J connectivity index is 1.58. The second kappa shape index (κ2) is 9.43. The first kappa shape index (κ1) is 16.8. The third-order valence-electron chi connectivity index (χ3n) is 3.63. The summed E-state index contributed by atoms with van der Waals surface area (Å²) in [6.45, 7) is 5.56. The Hall–Kier alpha value is -1.59. The molecular formula is C17H26N2O3. The summed E-state index contributed by atoms with van der Waals surface area (Å²) in [6, 6.07) is 8.30. The van der Waals surface area contributed by atoms with Crippen molar-refractivity contribution in [1.29, 1.82) is 0 Å². The zero-order valence-corrected chi connectivity index (χ0v) is 13.3. The number of carbonyl (C=O) groups is 1. The quantitative estimate of drug-likeness (QED) is 0.715. The lowest BCUT2D eigenvalue weighted by atomic mass is 10.1. The number of amides is 1. The maximum absolute atomic E-state index is 11.8. The summed E-state index contributed by atoms with van der Waals surface area (Å²) >= 11 is 0. The molecule has 0 spiro atoms. The number of carbonyl (C=O) groups excluding carboxylic acids is 1. The van der Waals surface area contributed by atoms with E-state index >= 15 is 0 Å². The van der Waals surface area contributed by atoms with Gasteiger partial charge < -0.3 is 20.1 Å². The number of hydrogen-bond acceptors (Lipinski definition) is 4. The summed E-state index contributed by atoms with van der Waals surface area (Å²) in [7, 11) is 0. The van der Waals surface area contributed by atoms with Gasteiger partial charge in [-0.3, -0.25) is 4.79 Å². The summed E-state index contributed by atoms with van der Waals surface area (Å²) < 4.78 is 10.8. The minimum Gasteiger partial charge on any atom is -0.494 e. The molecule has 5 heteroatoms. The van der Waals surface area contributed by atoms with Crippen LogP contribution in [-0.2, 0) is 16.0 Å². The van der Waals surface area contributed by atoms with E-state index in [1.807, 2.05) is 19.1 Å². The van der Waals surface area contributed by atoms with Gasteiger partial charge in [-0.05, 0) is 37.5 Å². The molecule has 0 aromatic heterocycles. The maximum Gasteiger partial charge on any atom is 0.221 e. The third kappa shape index (κ3) is 6.03. The molecule has 0 radical (unpaired) electrons. The lowest BCUT2D eigenvalue weighted by Gasteiger charge is -2.23. The van der Waals surface area contributed by atoms with Crippen molar-refractivity contribution in [3.05, 3.63) is 29.8 Å². The van der Waals surface area contributed by atoms with Crippen LogP contribution in [0.25, 0.3) is 0 Å². The van der Waals surface area contributed by atoms with E-state index in [-0.39, 0.29) is 11.9 Å². The highest BCUT2D eigenvalue weighted by Crippen LogP contribution is 2.13. The average molecular weight is 306 g/mol. The predicted octanol–water partition coefficient (Wildman–Crippen LogP) is 1.51. The number of ether oxygens (including phenoxy) is 2. The molecule has 2 rings (SSSR count). The van der Waals surface area contributed by atoms with Gasteiger partial charge in [-0.15, -0.1) is 0 Å². The van der Waals surface area contributed by atoms with Crippen LogP contribution in [0.4, 0.5) is 0 Å². The first-order valence-electron chi connectivity index (χ1n) is 8.07. The highest BCUT2D eigenvalue weighted by Gasteiger charge is 2.16. The standard InChI is InChI=1S/C17H26N2O3/c1-2-22-16-7-5-14(6-8-16)4-3-9-19-17(20)12-15-13-21-11-10-18-15/h5-8,15,18H,2-4,9-13H2,1H3,(H,19,20)/t15-/m1/s1. The largest absolute Gasteiger partial charge is 0.494 e. The number of rotatable bonds is 8. The molecule has 0 aliphatic carbocycles. The van der Waals surface area contributed by atoms with Crippen LogP contribution in [0.5, 0.6) is 5.75 Å². The molecule has 1 amide bonds. The topological polar surface area (TPSA) is 59.6 Å².